The molecule has 1 heterocycles. The van der Waals surface area contributed by atoms with Gasteiger partial charge in [0.15, 0.2) is 5.82 Å². The van der Waals surface area contributed by atoms with Crippen molar-refractivity contribution in [2.75, 3.05) is 17.6 Å². The summed E-state index contributed by atoms with van der Waals surface area (Å²) >= 11 is 0. The minimum Gasteiger partial charge on any atom is -0.398 e. The monoisotopic (exact) mass is 259 g/mol. The summed E-state index contributed by atoms with van der Waals surface area (Å²) in [7, 11) is 0. The molecule has 1 aromatic carbocycles. The van der Waals surface area contributed by atoms with E-state index in [2.05, 4.69) is 10.3 Å². The summed E-state index contributed by atoms with van der Waals surface area (Å²) in [5.74, 6) is 0.487. The van der Waals surface area contributed by atoms with Crippen LogP contribution >= 0.6 is 0 Å². The summed E-state index contributed by atoms with van der Waals surface area (Å²) < 4.78 is 14.0. The lowest BCUT2D eigenvalue weighted by molar-refractivity contribution is 0.303. The van der Waals surface area contributed by atoms with Gasteiger partial charge in [-0.15, -0.1) is 0 Å². The smallest absolute Gasteiger partial charge is 0.150 e. The van der Waals surface area contributed by atoms with E-state index < -0.39 is 0 Å². The number of nitrogen functional groups attached to an aromatic ring is 1. The molecular formula is C15H18FN3. The van der Waals surface area contributed by atoms with Gasteiger partial charge in [0.2, 0.25) is 0 Å². The predicted octanol–water partition coefficient (Wildman–Crippen LogP) is 3.56. The summed E-state index contributed by atoms with van der Waals surface area (Å²) in [4.78, 5) is 4.25. The highest BCUT2D eigenvalue weighted by Gasteiger charge is 2.17. The number of pyridine rings is 1. The Morgan fingerprint density at radius 2 is 2.26 bits per heavy atom. The maximum absolute atomic E-state index is 14.0. The largest absolute Gasteiger partial charge is 0.398 e. The normalized spacial score (nSPS) is 15.4. The maximum atomic E-state index is 14.0. The van der Waals surface area contributed by atoms with E-state index in [0.29, 0.717) is 16.9 Å². The number of rotatable bonds is 4. The zero-order valence-electron chi connectivity index (χ0n) is 10.8. The molecule has 1 aliphatic rings. The van der Waals surface area contributed by atoms with Gasteiger partial charge in [0.25, 0.3) is 0 Å². The molecule has 0 aliphatic heterocycles. The third-order valence-electron chi connectivity index (χ3n) is 3.96. The average Bonchev–Trinajstić information content (AvgIpc) is 2.35. The number of anilines is 2. The van der Waals surface area contributed by atoms with Crippen molar-refractivity contribution in [1.29, 1.82) is 0 Å². The van der Waals surface area contributed by atoms with Gasteiger partial charge in [-0.05, 0) is 30.5 Å². The van der Waals surface area contributed by atoms with Crippen molar-refractivity contribution in [3.63, 3.8) is 0 Å². The van der Waals surface area contributed by atoms with Crippen LogP contribution < -0.4 is 11.1 Å². The van der Waals surface area contributed by atoms with Gasteiger partial charge in [0.1, 0.15) is 0 Å². The Kier molecular flexibility index (Phi) is 3.23. The van der Waals surface area contributed by atoms with Crippen LogP contribution in [0.3, 0.4) is 0 Å². The fourth-order valence-corrected chi connectivity index (χ4v) is 2.59. The Morgan fingerprint density at radius 3 is 3.00 bits per heavy atom. The third-order valence-corrected chi connectivity index (χ3v) is 3.96. The average molecular weight is 259 g/mol. The van der Waals surface area contributed by atoms with E-state index in [-0.39, 0.29) is 5.82 Å². The molecule has 19 heavy (non-hydrogen) atoms. The van der Waals surface area contributed by atoms with Gasteiger partial charge >= 0.3 is 0 Å². The van der Waals surface area contributed by atoms with E-state index in [1.165, 1.54) is 25.3 Å². The molecule has 3 N–H and O–H groups in total. The zero-order valence-corrected chi connectivity index (χ0v) is 10.8. The van der Waals surface area contributed by atoms with Gasteiger partial charge in [0.05, 0.1) is 11.2 Å². The highest BCUT2D eigenvalue weighted by atomic mass is 19.1. The minimum atomic E-state index is -0.322. The number of hydrogen-bond acceptors (Lipinski definition) is 3. The van der Waals surface area contributed by atoms with Gasteiger partial charge < -0.3 is 11.1 Å². The molecule has 0 atom stereocenters. The number of nitrogens with one attached hydrogen (secondary N) is 1. The van der Waals surface area contributed by atoms with Crippen LogP contribution in [0.25, 0.3) is 10.9 Å². The molecule has 2 aromatic rings. The number of halogens is 1. The fourth-order valence-electron chi connectivity index (χ4n) is 2.59. The number of benzene rings is 1. The molecule has 4 heteroatoms. The molecule has 1 aliphatic carbocycles. The Labute approximate surface area is 112 Å². The van der Waals surface area contributed by atoms with E-state index in [1.807, 2.05) is 12.1 Å². The molecular weight excluding hydrogens is 241 g/mol. The van der Waals surface area contributed by atoms with Crippen LogP contribution in [0.2, 0.25) is 0 Å². The number of fused-ring (bicyclic) bond motifs is 1. The van der Waals surface area contributed by atoms with E-state index in [4.69, 9.17) is 5.73 Å². The van der Waals surface area contributed by atoms with Crippen molar-refractivity contribution in [3.8, 4) is 0 Å². The molecule has 1 aromatic heterocycles. The van der Waals surface area contributed by atoms with E-state index in [9.17, 15) is 4.39 Å². The van der Waals surface area contributed by atoms with Crippen molar-refractivity contribution in [3.05, 3.63) is 30.2 Å². The van der Waals surface area contributed by atoms with Gasteiger partial charge in [-0.1, -0.05) is 19.3 Å². The SMILES string of the molecule is Nc1cc(F)c(NCCC2CCC2)c2ncccc12. The third kappa shape index (κ3) is 2.35. The molecule has 100 valence electrons. The lowest BCUT2D eigenvalue weighted by Crippen LogP contribution is -2.16. The number of hydrogen-bond donors (Lipinski definition) is 2. The number of nitrogens with two attached hydrogens (primary N) is 1. The first-order valence-electron chi connectivity index (χ1n) is 6.82. The lowest BCUT2D eigenvalue weighted by Gasteiger charge is -2.25. The van der Waals surface area contributed by atoms with Crippen molar-refractivity contribution < 1.29 is 4.39 Å². The first-order chi connectivity index (χ1) is 9.25. The lowest BCUT2D eigenvalue weighted by atomic mass is 9.83. The first-order valence-corrected chi connectivity index (χ1v) is 6.82. The Balaban J connectivity index is 1.84. The minimum absolute atomic E-state index is 0.322. The van der Waals surface area contributed by atoms with E-state index in [0.717, 1.165) is 24.3 Å². The van der Waals surface area contributed by atoms with Crippen molar-refractivity contribution in [1.82, 2.24) is 4.98 Å². The highest BCUT2D eigenvalue weighted by Crippen LogP contribution is 2.31. The Bertz CT molecular complexity index is 593. The van der Waals surface area contributed by atoms with Crippen molar-refractivity contribution in [2.45, 2.75) is 25.7 Å². The summed E-state index contributed by atoms with van der Waals surface area (Å²) in [6.07, 6.45) is 6.72. The quantitative estimate of drug-likeness (QED) is 0.825. The summed E-state index contributed by atoms with van der Waals surface area (Å²) in [6.45, 7) is 0.789. The summed E-state index contributed by atoms with van der Waals surface area (Å²) in [5, 5.41) is 3.99. The van der Waals surface area contributed by atoms with Crippen LogP contribution in [-0.4, -0.2) is 11.5 Å². The molecule has 3 nitrogen and oxygen atoms in total. The van der Waals surface area contributed by atoms with Crippen LogP contribution in [0.1, 0.15) is 25.7 Å². The molecule has 3 rings (SSSR count). The topological polar surface area (TPSA) is 50.9 Å². The standard InChI is InChI=1S/C15H18FN3/c16-12-9-13(17)11-5-2-7-18-14(11)15(12)19-8-6-10-3-1-4-10/h2,5,7,9-10,19H,1,3-4,6,8,17H2. The zero-order chi connectivity index (χ0) is 13.2. The second-order valence-electron chi connectivity index (χ2n) is 5.23. The number of nitrogens with zero attached hydrogens (tertiary/aromatic N) is 1. The fraction of sp³-hybridized carbons (Fsp3) is 0.400. The van der Waals surface area contributed by atoms with Crippen LogP contribution in [0.5, 0.6) is 0 Å². The van der Waals surface area contributed by atoms with Crippen LogP contribution in [0, 0.1) is 11.7 Å². The first kappa shape index (κ1) is 12.2. The number of aromatic nitrogens is 1. The van der Waals surface area contributed by atoms with Gasteiger partial charge in [0, 0.05) is 23.8 Å². The Hall–Kier alpha value is -1.84. The molecule has 0 saturated heterocycles. The molecule has 1 fully saturated rings. The van der Waals surface area contributed by atoms with Crippen LogP contribution in [-0.2, 0) is 0 Å². The van der Waals surface area contributed by atoms with Crippen LogP contribution in [0.4, 0.5) is 15.8 Å². The molecule has 0 spiro atoms. The highest BCUT2D eigenvalue weighted by molar-refractivity contribution is 5.98. The Morgan fingerprint density at radius 1 is 1.42 bits per heavy atom. The van der Waals surface area contributed by atoms with Crippen LogP contribution in [0.15, 0.2) is 24.4 Å². The molecule has 0 radical (unpaired) electrons. The molecule has 0 unspecified atom stereocenters. The molecule has 0 bridgehead atoms. The molecule has 0 amide bonds. The summed E-state index contributed by atoms with van der Waals surface area (Å²) in [5.41, 5.74) is 7.36. The second-order valence-corrected chi connectivity index (χ2v) is 5.23. The van der Waals surface area contributed by atoms with E-state index >= 15 is 0 Å². The second kappa shape index (κ2) is 5.03. The predicted molar refractivity (Wildman–Crippen MR) is 76.6 cm³/mol. The van der Waals surface area contributed by atoms with Gasteiger partial charge in [-0.3, -0.25) is 4.98 Å². The van der Waals surface area contributed by atoms with Crippen molar-refractivity contribution in [2.24, 2.45) is 5.92 Å². The van der Waals surface area contributed by atoms with E-state index in [1.54, 1.807) is 6.20 Å². The van der Waals surface area contributed by atoms with Gasteiger partial charge in [-0.25, -0.2) is 4.39 Å². The van der Waals surface area contributed by atoms with Crippen molar-refractivity contribution >= 4 is 22.3 Å². The molecule has 1 saturated carbocycles. The van der Waals surface area contributed by atoms with Gasteiger partial charge in [-0.2, -0.15) is 0 Å². The maximum Gasteiger partial charge on any atom is 0.150 e. The summed E-state index contributed by atoms with van der Waals surface area (Å²) in [6, 6.07) is 5.05.